The maximum atomic E-state index is 12.1. The largest absolute Gasteiger partial charge is 0.433 e. The van der Waals surface area contributed by atoms with Gasteiger partial charge in [-0.3, -0.25) is 0 Å². The molecular weight excluding hydrogens is 197 g/mol. The van der Waals surface area contributed by atoms with Gasteiger partial charge < -0.3 is 11.1 Å². The van der Waals surface area contributed by atoms with Gasteiger partial charge in [-0.1, -0.05) is 6.58 Å². The van der Waals surface area contributed by atoms with Crippen molar-refractivity contribution in [1.29, 1.82) is 0 Å². The number of rotatable bonds is 2. The molecule has 0 unspecified atom stereocenters. The van der Waals surface area contributed by atoms with E-state index >= 15 is 0 Å². The maximum absolute atomic E-state index is 12.1. The number of nitrogens with one attached hydrogen (secondary N) is 1. The molecule has 1 aromatic rings. The zero-order chi connectivity index (χ0) is 10.8. The van der Waals surface area contributed by atoms with Crippen molar-refractivity contribution in [1.82, 2.24) is 9.97 Å². The van der Waals surface area contributed by atoms with E-state index in [2.05, 4.69) is 21.9 Å². The summed E-state index contributed by atoms with van der Waals surface area (Å²) in [4.78, 5) is 6.73. The molecule has 14 heavy (non-hydrogen) atoms. The summed E-state index contributed by atoms with van der Waals surface area (Å²) in [6.07, 6.45) is -3.50. The first kappa shape index (κ1) is 10.3. The predicted octanol–water partition coefficient (Wildman–Crippen LogP) is 1.34. The fourth-order valence-electron chi connectivity index (χ4n) is 0.720. The number of alkyl halides is 3. The van der Waals surface area contributed by atoms with E-state index in [1.165, 1.54) is 0 Å². The standard InChI is InChI=1S/C7H7F3N4/c1-4(11)13-6-12-3-2-5(14-6)7(8,9)10/h2-3H,1,11H2,(H,12,13,14). The molecule has 0 radical (unpaired) electrons. The minimum atomic E-state index is -4.49. The lowest BCUT2D eigenvalue weighted by Gasteiger charge is -2.07. The smallest absolute Gasteiger partial charge is 0.386 e. The second-order valence-corrected chi connectivity index (χ2v) is 2.41. The molecule has 1 rings (SSSR count). The number of hydrogen-bond donors (Lipinski definition) is 2. The van der Waals surface area contributed by atoms with Crippen LogP contribution in [0.15, 0.2) is 24.7 Å². The van der Waals surface area contributed by atoms with E-state index in [0.29, 0.717) is 0 Å². The number of anilines is 1. The Balaban J connectivity index is 2.95. The van der Waals surface area contributed by atoms with Crippen molar-refractivity contribution in [2.45, 2.75) is 6.18 Å². The van der Waals surface area contributed by atoms with E-state index in [9.17, 15) is 13.2 Å². The molecule has 4 nitrogen and oxygen atoms in total. The van der Waals surface area contributed by atoms with Crippen LogP contribution in [0, 0.1) is 0 Å². The molecule has 3 N–H and O–H groups in total. The van der Waals surface area contributed by atoms with Gasteiger partial charge >= 0.3 is 6.18 Å². The SMILES string of the molecule is C=C(N)Nc1nccc(C(F)(F)F)n1. The van der Waals surface area contributed by atoms with Crippen molar-refractivity contribution in [3.8, 4) is 0 Å². The van der Waals surface area contributed by atoms with E-state index in [0.717, 1.165) is 12.3 Å². The third-order valence-corrected chi connectivity index (χ3v) is 1.22. The normalized spacial score (nSPS) is 11.1. The van der Waals surface area contributed by atoms with Gasteiger partial charge in [0.05, 0.1) is 5.82 Å². The van der Waals surface area contributed by atoms with Gasteiger partial charge in [-0.2, -0.15) is 13.2 Å². The second-order valence-electron chi connectivity index (χ2n) is 2.41. The average Bonchev–Trinajstić information content (AvgIpc) is 2.01. The van der Waals surface area contributed by atoms with E-state index < -0.39 is 11.9 Å². The quantitative estimate of drug-likeness (QED) is 0.762. The van der Waals surface area contributed by atoms with Crippen LogP contribution >= 0.6 is 0 Å². The highest BCUT2D eigenvalue weighted by atomic mass is 19.4. The molecule has 0 saturated carbocycles. The lowest BCUT2D eigenvalue weighted by molar-refractivity contribution is -0.141. The highest BCUT2D eigenvalue weighted by molar-refractivity contribution is 5.32. The van der Waals surface area contributed by atoms with E-state index in [-0.39, 0.29) is 11.8 Å². The summed E-state index contributed by atoms with van der Waals surface area (Å²) in [5, 5.41) is 2.28. The van der Waals surface area contributed by atoms with Gasteiger partial charge in [0.1, 0.15) is 5.69 Å². The molecule has 0 saturated heterocycles. The highest BCUT2D eigenvalue weighted by Gasteiger charge is 2.32. The third kappa shape index (κ3) is 2.61. The summed E-state index contributed by atoms with van der Waals surface area (Å²) in [5.41, 5.74) is 4.09. The summed E-state index contributed by atoms with van der Waals surface area (Å²) in [6, 6.07) is 0.768. The van der Waals surface area contributed by atoms with Gasteiger partial charge in [0.15, 0.2) is 0 Å². The summed E-state index contributed by atoms with van der Waals surface area (Å²) in [7, 11) is 0. The molecule has 0 aromatic carbocycles. The van der Waals surface area contributed by atoms with Gasteiger partial charge in [-0.15, -0.1) is 0 Å². The Labute approximate surface area is 77.7 Å². The Morgan fingerprint density at radius 2 is 2.14 bits per heavy atom. The maximum Gasteiger partial charge on any atom is 0.433 e. The van der Waals surface area contributed by atoms with Crippen LogP contribution in [0.4, 0.5) is 19.1 Å². The molecule has 0 fully saturated rings. The molecule has 1 heterocycles. The molecule has 0 amide bonds. The Hall–Kier alpha value is -1.79. The van der Waals surface area contributed by atoms with Crippen LogP contribution in [0.5, 0.6) is 0 Å². The summed E-state index contributed by atoms with van der Waals surface area (Å²) in [5.74, 6) is -0.253. The predicted molar refractivity (Wildman–Crippen MR) is 44.0 cm³/mol. The molecule has 0 spiro atoms. The van der Waals surface area contributed by atoms with Crippen molar-refractivity contribution >= 4 is 5.95 Å². The molecule has 0 aliphatic heterocycles. The average molecular weight is 204 g/mol. The van der Waals surface area contributed by atoms with E-state index in [1.807, 2.05) is 0 Å². The van der Waals surface area contributed by atoms with Crippen LogP contribution in [-0.2, 0) is 6.18 Å². The molecule has 7 heteroatoms. The summed E-state index contributed by atoms with van der Waals surface area (Å²) in [6.45, 7) is 3.25. The van der Waals surface area contributed by atoms with Gasteiger partial charge in [-0.25, -0.2) is 9.97 Å². The Morgan fingerprint density at radius 1 is 1.50 bits per heavy atom. The fourth-order valence-corrected chi connectivity index (χ4v) is 0.720. The highest BCUT2D eigenvalue weighted by Crippen LogP contribution is 2.27. The van der Waals surface area contributed by atoms with Crippen molar-refractivity contribution in [2.75, 3.05) is 5.32 Å². The van der Waals surface area contributed by atoms with Crippen LogP contribution in [-0.4, -0.2) is 9.97 Å². The van der Waals surface area contributed by atoms with E-state index in [1.54, 1.807) is 0 Å². The Kier molecular flexibility index (Phi) is 2.59. The van der Waals surface area contributed by atoms with Crippen molar-refractivity contribution in [3.05, 3.63) is 30.4 Å². The number of aromatic nitrogens is 2. The summed E-state index contributed by atoms with van der Waals surface area (Å²) >= 11 is 0. The first-order chi connectivity index (χ1) is 6.39. The minimum Gasteiger partial charge on any atom is -0.386 e. The first-order valence-electron chi connectivity index (χ1n) is 3.51. The Bertz CT molecular complexity index is 347. The van der Waals surface area contributed by atoms with Crippen LogP contribution < -0.4 is 11.1 Å². The lowest BCUT2D eigenvalue weighted by atomic mass is 10.4. The number of hydrogen-bond acceptors (Lipinski definition) is 4. The molecule has 0 aliphatic carbocycles. The number of nitrogens with zero attached hydrogens (tertiary/aromatic N) is 2. The van der Waals surface area contributed by atoms with Crippen molar-refractivity contribution in [3.63, 3.8) is 0 Å². The second kappa shape index (κ2) is 3.52. The van der Waals surface area contributed by atoms with Crippen LogP contribution in [0.2, 0.25) is 0 Å². The zero-order valence-corrected chi connectivity index (χ0v) is 6.97. The van der Waals surface area contributed by atoms with Crippen LogP contribution in [0.1, 0.15) is 5.69 Å². The molecule has 1 aromatic heterocycles. The minimum absolute atomic E-state index is 0.0238. The van der Waals surface area contributed by atoms with Crippen molar-refractivity contribution < 1.29 is 13.2 Å². The van der Waals surface area contributed by atoms with Crippen LogP contribution in [0.3, 0.4) is 0 Å². The van der Waals surface area contributed by atoms with Gasteiger partial charge in [0.2, 0.25) is 5.95 Å². The number of nitrogens with two attached hydrogens (primary N) is 1. The Morgan fingerprint density at radius 3 is 2.64 bits per heavy atom. The van der Waals surface area contributed by atoms with Crippen molar-refractivity contribution in [2.24, 2.45) is 5.73 Å². The molecule has 0 bridgehead atoms. The topological polar surface area (TPSA) is 63.8 Å². The number of halogens is 3. The van der Waals surface area contributed by atoms with Gasteiger partial charge in [0, 0.05) is 6.20 Å². The summed E-state index contributed by atoms with van der Waals surface area (Å²) < 4.78 is 36.4. The van der Waals surface area contributed by atoms with Crippen LogP contribution in [0.25, 0.3) is 0 Å². The third-order valence-electron chi connectivity index (χ3n) is 1.22. The molecule has 0 aliphatic rings. The van der Waals surface area contributed by atoms with E-state index in [4.69, 9.17) is 5.73 Å². The molecule has 76 valence electrons. The first-order valence-corrected chi connectivity index (χ1v) is 3.51. The van der Waals surface area contributed by atoms with Gasteiger partial charge in [0.25, 0.3) is 0 Å². The molecular formula is C7H7F3N4. The lowest BCUT2D eigenvalue weighted by Crippen LogP contribution is -2.13. The van der Waals surface area contributed by atoms with Gasteiger partial charge in [-0.05, 0) is 6.07 Å². The zero-order valence-electron chi connectivity index (χ0n) is 6.97. The monoisotopic (exact) mass is 204 g/mol. The molecule has 0 atom stereocenters. The fraction of sp³-hybridized carbons (Fsp3) is 0.143.